The minimum Gasteiger partial charge on any atom is -0.381 e. The van der Waals surface area contributed by atoms with Gasteiger partial charge in [-0.3, -0.25) is 4.84 Å². The van der Waals surface area contributed by atoms with E-state index in [1.54, 1.807) is 0 Å². The Kier molecular flexibility index (Phi) is 2.95. The quantitative estimate of drug-likeness (QED) is 0.861. The average molecular weight is 295 g/mol. The van der Waals surface area contributed by atoms with Crippen LogP contribution in [-0.4, -0.2) is 15.9 Å². The predicted octanol–water partition coefficient (Wildman–Crippen LogP) is 3.55. The normalized spacial score (nSPS) is 34.2. The van der Waals surface area contributed by atoms with Crippen LogP contribution in [0.15, 0.2) is 54.6 Å². The second-order valence-electron chi connectivity index (χ2n) is 6.52. The van der Waals surface area contributed by atoms with Crippen molar-refractivity contribution >= 4 is 0 Å². The lowest BCUT2D eigenvalue weighted by molar-refractivity contribution is -0.0411. The van der Waals surface area contributed by atoms with Gasteiger partial charge in [0.05, 0.1) is 6.04 Å². The standard InChI is InChI=1S/C19H21NO2/c1-14(15-8-4-3-5-9-15)20-19(22-20)13-12-16-10-6-7-11-17(16)18(19,2)21/h3-11,14,21H,12-13H2,1-2H3/t14-,18?,19?,20?/m1/s1. The number of hydroxylamine groups is 2. The highest BCUT2D eigenvalue weighted by Crippen LogP contribution is 2.58. The molecule has 2 aromatic carbocycles. The molecular formula is C19H21NO2. The zero-order valence-corrected chi connectivity index (χ0v) is 13.0. The molecule has 2 aliphatic rings. The fourth-order valence-corrected chi connectivity index (χ4v) is 3.83. The van der Waals surface area contributed by atoms with Crippen molar-refractivity contribution in [2.45, 2.75) is 44.1 Å². The molecular weight excluding hydrogens is 274 g/mol. The van der Waals surface area contributed by atoms with Crippen LogP contribution in [0.3, 0.4) is 0 Å². The molecule has 0 saturated carbocycles. The van der Waals surface area contributed by atoms with Gasteiger partial charge in [0.2, 0.25) is 0 Å². The minimum absolute atomic E-state index is 0.123. The van der Waals surface area contributed by atoms with Crippen LogP contribution < -0.4 is 0 Å². The lowest BCUT2D eigenvalue weighted by atomic mass is 9.75. The Bertz CT molecular complexity index is 698. The van der Waals surface area contributed by atoms with Gasteiger partial charge in [-0.2, -0.15) is 0 Å². The first-order valence-corrected chi connectivity index (χ1v) is 7.90. The van der Waals surface area contributed by atoms with E-state index in [9.17, 15) is 5.11 Å². The van der Waals surface area contributed by atoms with Crippen molar-refractivity contribution in [3.8, 4) is 0 Å². The smallest absolute Gasteiger partial charge is 0.198 e. The van der Waals surface area contributed by atoms with E-state index in [2.05, 4.69) is 25.1 Å². The summed E-state index contributed by atoms with van der Waals surface area (Å²) in [5.74, 6) is 0. The zero-order chi connectivity index (χ0) is 15.4. The summed E-state index contributed by atoms with van der Waals surface area (Å²) in [5.41, 5.74) is 1.82. The van der Waals surface area contributed by atoms with Crippen molar-refractivity contribution < 1.29 is 9.94 Å². The molecule has 22 heavy (non-hydrogen) atoms. The molecule has 1 fully saturated rings. The lowest BCUT2D eigenvalue weighted by Crippen LogP contribution is -2.47. The van der Waals surface area contributed by atoms with E-state index in [1.807, 2.05) is 48.4 Å². The van der Waals surface area contributed by atoms with Crippen LogP contribution in [0.1, 0.15) is 43.0 Å². The fourth-order valence-electron chi connectivity index (χ4n) is 3.83. The number of hydrogen-bond donors (Lipinski definition) is 1. The van der Waals surface area contributed by atoms with E-state index in [-0.39, 0.29) is 6.04 Å². The summed E-state index contributed by atoms with van der Waals surface area (Å²) < 4.78 is 0. The molecule has 3 nitrogen and oxygen atoms in total. The Balaban J connectivity index is 1.68. The van der Waals surface area contributed by atoms with Gasteiger partial charge in [0, 0.05) is 6.42 Å². The van der Waals surface area contributed by atoms with Crippen LogP contribution in [0.5, 0.6) is 0 Å². The monoisotopic (exact) mass is 295 g/mol. The number of nitrogens with zero attached hydrogens (tertiary/aromatic N) is 1. The maximum Gasteiger partial charge on any atom is 0.198 e. The van der Waals surface area contributed by atoms with E-state index in [1.165, 1.54) is 11.1 Å². The van der Waals surface area contributed by atoms with E-state index >= 15 is 0 Å². The third-order valence-electron chi connectivity index (χ3n) is 5.24. The molecule has 1 saturated heterocycles. The first-order chi connectivity index (χ1) is 10.6. The van der Waals surface area contributed by atoms with E-state index in [4.69, 9.17) is 4.84 Å². The fraction of sp³-hybridized carbons (Fsp3) is 0.368. The molecule has 114 valence electrons. The molecule has 4 atom stereocenters. The summed E-state index contributed by atoms with van der Waals surface area (Å²) in [7, 11) is 0. The summed E-state index contributed by atoms with van der Waals surface area (Å²) in [6, 6.07) is 18.6. The van der Waals surface area contributed by atoms with E-state index in [0.29, 0.717) is 0 Å². The molecule has 0 radical (unpaired) electrons. The molecule has 1 heterocycles. The Hall–Kier alpha value is -1.68. The van der Waals surface area contributed by atoms with Gasteiger partial charge in [-0.15, -0.1) is 5.06 Å². The number of fused-ring (bicyclic) bond motifs is 1. The second kappa shape index (κ2) is 4.66. The van der Waals surface area contributed by atoms with Gasteiger partial charge < -0.3 is 5.11 Å². The van der Waals surface area contributed by atoms with E-state index < -0.39 is 11.3 Å². The lowest BCUT2D eigenvalue weighted by Gasteiger charge is -2.37. The number of rotatable bonds is 2. The van der Waals surface area contributed by atoms with Crippen LogP contribution in [0.4, 0.5) is 0 Å². The molecule has 1 spiro atoms. The maximum absolute atomic E-state index is 11.2. The molecule has 0 bridgehead atoms. The van der Waals surface area contributed by atoms with Gasteiger partial charge in [0.1, 0.15) is 5.60 Å². The van der Waals surface area contributed by atoms with Crippen molar-refractivity contribution in [3.05, 3.63) is 71.3 Å². The SMILES string of the molecule is C[C@H](c1ccccc1)N1OC12CCc1ccccc1C2(C)O. The molecule has 1 aliphatic heterocycles. The first kappa shape index (κ1) is 13.9. The molecule has 2 aromatic rings. The van der Waals surface area contributed by atoms with Crippen LogP contribution in [0.2, 0.25) is 0 Å². The van der Waals surface area contributed by atoms with Gasteiger partial charge in [-0.25, -0.2) is 0 Å². The maximum atomic E-state index is 11.2. The summed E-state index contributed by atoms with van der Waals surface area (Å²) in [5, 5.41) is 13.2. The summed E-state index contributed by atoms with van der Waals surface area (Å²) in [6.45, 7) is 4.00. The number of benzene rings is 2. The summed E-state index contributed by atoms with van der Waals surface area (Å²) >= 11 is 0. The average Bonchev–Trinajstić information content (AvgIpc) is 3.28. The third-order valence-corrected chi connectivity index (χ3v) is 5.24. The molecule has 1 N–H and O–H groups in total. The van der Waals surface area contributed by atoms with Crippen molar-refractivity contribution in [1.29, 1.82) is 0 Å². The number of hydrogen-bond acceptors (Lipinski definition) is 3. The van der Waals surface area contributed by atoms with Crippen molar-refractivity contribution in [2.75, 3.05) is 0 Å². The largest absolute Gasteiger partial charge is 0.381 e. The summed E-state index contributed by atoms with van der Waals surface area (Å²) in [4.78, 5) is 6.02. The van der Waals surface area contributed by atoms with Crippen LogP contribution >= 0.6 is 0 Å². The molecule has 3 heteroatoms. The number of aliphatic hydroxyl groups is 1. The second-order valence-corrected chi connectivity index (χ2v) is 6.52. The minimum atomic E-state index is -0.995. The Labute approximate surface area is 131 Å². The Morgan fingerprint density at radius 1 is 1.09 bits per heavy atom. The Morgan fingerprint density at radius 3 is 2.55 bits per heavy atom. The van der Waals surface area contributed by atoms with E-state index in [0.717, 1.165) is 18.4 Å². The first-order valence-electron chi connectivity index (χ1n) is 7.90. The van der Waals surface area contributed by atoms with Gasteiger partial charge in [-0.05, 0) is 37.0 Å². The highest BCUT2D eigenvalue weighted by Gasteiger charge is 2.69. The molecule has 1 aliphatic carbocycles. The van der Waals surface area contributed by atoms with Crippen LogP contribution in [0.25, 0.3) is 0 Å². The number of aryl methyl sites for hydroxylation is 1. The molecule has 3 unspecified atom stereocenters. The van der Waals surface area contributed by atoms with Gasteiger partial charge >= 0.3 is 0 Å². The summed E-state index contributed by atoms with van der Waals surface area (Å²) in [6.07, 6.45) is 1.75. The zero-order valence-electron chi connectivity index (χ0n) is 13.0. The Morgan fingerprint density at radius 2 is 1.77 bits per heavy atom. The molecule has 0 aromatic heterocycles. The van der Waals surface area contributed by atoms with Gasteiger partial charge in [0.15, 0.2) is 5.72 Å². The van der Waals surface area contributed by atoms with Gasteiger partial charge in [-0.1, -0.05) is 54.6 Å². The van der Waals surface area contributed by atoms with Crippen molar-refractivity contribution in [2.24, 2.45) is 0 Å². The van der Waals surface area contributed by atoms with Crippen LogP contribution in [-0.2, 0) is 16.9 Å². The van der Waals surface area contributed by atoms with Crippen molar-refractivity contribution in [3.63, 3.8) is 0 Å². The van der Waals surface area contributed by atoms with Gasteiger partial charge in [0.25, 0.3) is 0 Å². The van der Waals surface area contributed by atoms with Crippen LogP contribution in [0, 0.1) is 0 Å². The van der Waals surface area contributed by atoms with Crippen molar-refractivity contribution in [1.82, 2.24) is 5.06 Å². The highest BCUT2D eigenvalue weighted by atomic mass is 16.9. The third kappa shape index (κ3) is 1.80. The predicted molar refractivity (Wildman–Crippen MR) is 84.8 cm³/mol. The molecule has 4 rings (SSSR count). The highest BCUT2D eigenvalue weighted by molar-refractivity contribution is 5.39. The molecule has 0 amide bonds. The topological polar surface area (TPSA) is 35.8 Å².